The molecule has 0 bridgehead atoms. The summed E-state index contributed by atoms with van der Waals surface area (Å²) in [5, 5.41) is 14.2. The van der Waals surface area contributed by atoms with Gasteiger partial charge in [0, 0.05) is 49.2 Å². The van der Waals surface area contributed by atoms with Crippen molar-refractivity contribution in [1.29, 1.82) is 0 Å². The van der Waals surface area contributed by atoms with Gasteiger partial charge in [0.15, 0.2) is 11.6 Å². The fourth-order valence-corrected chi connectivity index (χ4v) is 2.34. The van der Waals surface area contributed by atoms with Crippen LogP contribution >= 0.6 is 0 Å². The Morgan fingerprint density at radius 3 is 2.70 bits per heavy atom. The predicted octanol–water partition coefficient (Wildman–Crippen LogP) is 1.60. The normalized spacial score (nSPS) is 12.1. The van der Waals surface area contributed by atoms with Crippen LogP contribution in [0.1, 0.15) is 24.4 Å². The third-order valence-electron chi connectivity index (χ3n) is 3.52. The van der Waals surface area contributed by atoms with Crippen molar-refractivity contribution in [3.05, 3.63) is 42.1 Å². The van der Waals surface area contributed by atoms with E-state index < -0.39 is 0 Å². The van der Waals surface area contributed by atoms with Crippen molar-refractivity contribution in [3.63, 3.8) is 0 Å². The summed E-state index contributed by atoms with van der Waals surface area (Å²) in [5.74, 6) is 2.39. The summed E-state index contributed by atoms with van der Waals surface area (Å²) in [7, 11) is 1.99. The molecule has 1 N–H and O–H groups in total. The van der Waals surface area contributed by atoms with Crippen LogP contribution in [0.3, 0.4) is 0 Å². The van der Waals surface area contributed by atoms with E-state index in [1.165, 1.54) is 0 Å². The van der Waals surface area contributed by atoms with Crippen LogP contribution < -0.4 is 4.90 Å². The number of nitrogens with one attached hydrogen (secondary N) is 1. The number of rotatable bonds is 5. The fraction of sp³-hybridized carbons (Fsp3) is 0.333. The van der Waals surface area contributed by atoms with E-state index >= 15 is 0 Å². The summed E-state index contributed by atoms with van der Waals surface area (Å²) >= 11 is 0. The molecule has 3 aromatic heterocycles. The molecule has 0 aromatic carbocycles. The van der Waals surface area contributed by atoms with Crippen molar-refractivity contribution < 1.29 is 0 Å². The number of tetrazole rings is 1. The van der Waals surface area contributed by atoms with E-state index in [1.807, 2.05) is 32.2 Å². The Labute approximate surface area is 134 Å². The van der Waals surface area contributed by atoms with Crippen molar-refractivity contribution in [2.45, 2.75) is 19.8 Å². The lowest BCUT2D eigenvalue weighted by Crippen LogP contribution is -2.25. The molecule has 8 heteroatoms. The molecule has 3 aromatic rings. The molecule has 1 atom stereocenters. The molecule has 0 aliphatic carbocycles. The molecule has 3 heterocycles. The number of aromatic nitrogens is 7. The quantitative estimate of drug-likeness (QED) is 0.764. The van der Waals surface area contributed by atoms with Crippen LogP contribution in [0.25, 0.3) is 11.4 Å². The first kappa shape index (κ1) is 15.0. The standard InChI is InChI=1S/C15H18N8/c1-10(14-19-21-22-20-14)9-23(3)13-8-11(2)17-15(18-13)12-4-6-16-7-5-12/h4-8,10H,9H2,1-3H3,(H,19,20,21,22). The number of anilines is 1. The summed E-state index contributed by atoms with van der Waals surface area (Å²) in [5.41, 5.74) is 1.87. The van der Waals surface area contributed by atoms with Gasteiger partial charge in [0.1, 0.15) is 5.82 Å². The van der Waals surface area contributed by atoms with E-state index in [9.17, 15) is 0 Å². The van der Waals surface area contributed by atoms with Crippen LogP contribution in [-0.2, 0) is 0 Å². The number of likely N-dealkylation sites (N-methyl/N-ethyl adjacent to an activating group) is 1. The Balaban J connectivity index is 1.83. The highest BCUT2D eigenvalue weighted by Crippen LogP contribution is 2.20. The average molecular weight is 310 g/mol. The summed E-state index contributed by atoms with van der Waals surface area (Å²) < 4.78 is 0. The van der Waals surface area contributed by atoms with Crippen molar-refractivity contribution in [1.82, 2.24) is 35.6 Å². The Morgan fingerprint density at radius 2 is 2.00 bits per heavy atom. The molecule has 0 saturated heterocycles. The maximum Gasteiger partial charge on any atom is 0.179 e. The van der Waals surface area contributed by atoms with Crippen molar-refractivity contribution in [3.8, 4) is 11.4 Å². The molecular weight excluding hydrogens is 292 g/mol. The molecule has 118 valence electrons. The van der Waals surface area contributed by atoms with Gasteiger partial charge >= 0.3 is 0 Å². The minimum absolute atomic E-state index is 0.137. The largest absolute Gasteiger partial charge is 0.359 e. The van der Waals surface area contributed by atoms with Crippen LogP contribution in [0, 0.1) is 6.92 Å². The predicted molar refractivity (Wildman–Crippen MR) is 85.9 cm³/mol. The zero-order valence-corrected chi connectivity index (χ0v) is 13.3. The number of nitrogens with zero attached hydrogens (tertiary/aromatic N) is 7. The highest BCUT2D eigenvalue weighted by molar-refractivity contribution is 5.57. The summed E-state index contributed by atoms with van der Waals surface area (Å²) in [4.78, 5) is 15.3. The SMILES string of the molecule is Cc1cc(N(C)CC(C)c2nn[nH]n2)nc(-c2ccncc2)n1. The first-order valence-electron chi connectivity index (χ1n) is 7.34. The van der Waals surface area contributed by atoms with Crippen LogP contribution in [-0.4, -0.2) is 49.2 Å². The lowest BCUT2D eigenvalue weighted by Gasteiger charge is -2.21. The second kappa shape index (κ2) is 6.47. The van der Waals surface area contributed by atoms with Gasteiger partial charge in [0.2, 0.25) is 0 Å². The fourth-order valence-electron chi connectivity index (χ4n) is 2.34. The summed E-state index contributed by atoms with van der Waals surface area (Å²) in [6.45, 7) is 4.75. The molecule has 0 saturated carbocycles. The maximum atomic E-state index is 4.66. The third kappa shape index (κ3) is 3.47. The van der Waals surface area contributed by atoms with Gasteiger partial charge in [-0.2, -0.15) is 5.21 Å². The van der Waals surface area contributed by atoms with E-state index in [4.69, 9.17) is 0 Å². The number of hydrogen-bond acceptors (Lipinski definition) is 7. The van der Waals surface area contributed by atoms with Crippen molar-refractivity contribution in [2.24, 2.45) is 0 Å². The van der Waals surface area contributed by atoms with Gasteiger partial charge in [0.05, 0.1) is 0 Å². The Kier molecular flexibility index (Phi) is 4.22. The molecule has 0 spiro atoms. The van der Waals surface area contributed by atoms with E-state index in [0.29, 0.717) is 11.6 Å². The van der Waals surface area contributed by atoms with Gasteiger partial charge in [-0.1, -0.05) is 12.1 Å². The zero-order valence-electron chi connectivity index (χ0n) is 13.3. The summed E-state index contributed by atoms with van der Waals surface area (Å²) in [6, 6.07) is 5.77. The van der Waals surface area contributed by atoms with E-state index in [0.717, 1.165) is 23.6 Å². The Morgan fingerprint density at radius 1 is 1.22 bits per heavy atom. The second-order valence-corrected chi connectivity index (χ2v) is 5.48. The molecule has 23 heavy (non-hydrogen) atoms. The molecule has 8 nitrogen and oxygen atoms in total. The lowest BCUT2D eigenvalue weighted by molar-refractivity contribution is 0.681. The molecule has 0 fully saturated rings. The van der Waals surface area contributed by atoms with E-state index in [1.54, 1.807) is 12.4 Å². The number of pyridine rings is 1. The first-order valence-corrected chi connectivity index (χ1v) is 7.34. The van der Waals surface area contributed by atoms with Gasteiger partial charge in [0.25, 0.3) is 0 Å². The zero-order chi connectivity index (χ0) is 16.2. The first-order chi connectivity index (χ1) is 11.1. The van der Waals surface area contributed by atoms with Gasteiger partial charge in [-0.05, 0) is 19.1 Å². The number of H-pyrrole nitrogens is 1. The molecule has 0 radical (unpaired) electrons. The minimum atomic E-state index is 0.137. The molecule has 0 aliphatic rings. The van der Waals surface area contributed by atoms with Crippen LogP contribution in [0.4, 0.5) is 5.82 Å². The molecule has 0 aliphatic heterocycles. The van der Waals surface area contributed by atoms with Crippen LogP contribution in [0.2, 0.25) is 0 Å². The van der Waals surface area contributed by atoms with E-state index in [-0.39, 0.29) is 5.92 Å². The van der Waals surface area contributed by atoms with E-state index in [2.05, 4.69) is 47.4 Å². The maximum absolute atomic E-state index is 4.66. The van der Waals surface area contributed by atoms with Gasteiger partial charge in [-0.15, -0.1) is 10.2 Å². The topological polar surface area (TPSA) is 96.4 Å². The van der Waals surface area contributed by atoms with Crippen LogP contribution in [0.15, 0.2) is 30.6 Å². The minimum Gasteiger partial charge on any atom is -0.359 e. The van der Waals surface area contributed by atoms with Crippen molar-refractivity contribution in [2.75, 3.05) is 18.5 Å². The van der Waals surface area contributed by atoms with Crippen molar-refractivity contribution >= 4 is 5.82 Å². The Bertz CT molecular complexity index is 756. The monoisotopic (exact) mass is 310 g/mol. The smallest absolute Gasteiger partial charge is 0.179 e. The molecule has 3 rings (SSSR count). The lowest BCUT2D eigenvalue weighted by atomic mass is 10.1. The average Bonchev–Trinajstić information content (AvgIpc) is 3.09. The Hall–Kier alpha value is -2.90. The van der Waals surface area contributed by atoms with Gasteiger partial charge in [-0.3, -0.25) is 4.98 Å². The molecule has 0 amide bonds. The number of aryl methyl sites for hydroxylation is 1. The number of hydrogen-bond donors (Lipinski definition) is 1. The molecule has 1 unspecified atom stereocenters. The van der Waals surface area contributed by atoms with Crippen LogP contribution in [0.5, 0.6) is 0 Å². The van der Waals surface area contributed by atoms with Gasteiger partial charge in [-0.25, -0.2) is 9.97 Å². The second-order valence-electron chi connectivity index (χ2n) is 5.48. The summed E-state index contributed by atoms with van der Waals surface area (Å²) in [6.07, 6.45) is 3.48. The number of aromatic amines is 1. The van der Waals surface area contributed by atoms with Gasteiger partial charge < -0.3 is 4.90 Å². The highest BCUT2D eigenvalue weighted by Gasteiger charge is 2.15. The highest BCUT2D eigenvalue weighted by atomic mass is 15.5. The third-order valence-corrected chi connectivity index (χ3v) is 3.52. The molecular formula is C15H18N8.